The van der Waals surface area contributed by atoms with Gasteiger partial charge in [0.25, 0.3) is 0 Å². The van der Waals surface area contributed by atoms with Gasteiger partial charge >= 0.3 is 45.6 Å². The molecule has 0 spiro atoms. The maximum atomic E-state index is 10.7. The maximum absolute atomic E-state index is 10.7. The second-order valence-corrected chi connectivity index (χ2v) is 4.05. The Kier molecular flexibility index (Phi) is 9.15. The third-order valence-corrected chi connectivity index (χ3v) is 2.39. The number of thiol groups is 1. The van der Waals surface area contributed by atoms with Gasteiger partial charge in [-0.2, -0.15) is 21.0 Å². The van der Waals surface area contributed by atoms with Gasteiger partial charge in [0.1, 0.15) is 0 Å². The zero-order valence-corrected chi connectivity index (χ0v) is 7.82. The molecule has 0 aromatic heterocycles. The molecule has 0 bridgehead atoms. The van der Waals surface area contributed by atoms with Crippen LogP contribution in [0.25, 0.3) is 0 Å². The molecule has 0 radical (unpaired) electrons. The third-order valence-electron chi connectivity index (χ3n) is 0.797. The van der Waals surface area contributed by atoms with Crippen LogP contribution in [0.15, 0.2) is 0 Å². The summed E-state index contributed by atoms with van der Waals surface area (Å²) in [5.41, 5.74) is 0. The Hall–Kier alpha value is 0.770. The van der Waals surface area contributed by atoms with Crippen molar-refractivity contribution in [2.24, 2.45) is 0 Å². The fourth-order valence-electron chi connectivity index (χ4n) is 0.462. The van der Waals surface area contributed by atoms with Crippen molar-refractivity contribution in [3.63, 3.8) is 0 Å². The molecule has 0 N–H and O–H groups in total. The van der Waals surface area contributed by atoms with Gasteiger partial charge in [0.05, 0.1) is 5.75 Å². The van der Waals surface area contributed by atoms with Crippen molar-refractivity contribution in [3.05, 3.63) is 0 Å². The minimum absolute atomic E-state index is 0. The van der Waals surface area contributed by atoms with Gasteiger partial charge in [0.15, 0.2) is 0 Å². The van der Waals surface area contributed by atoms with Crippen molar-refractivity contribution in [3.8, 4) is 0 Å². The summed E-state index contributed by atoms with van der Waals surface area (Å²) in [5.74, 6) is -0.500. The van der Waals surface area contributed by atoms with Gasteiger partial charge in [-0.1, -0.05) is 0 Å². The van der Waals surface area contributed by atoms with E-state index in [2.05, 4.69) is 16.8 Å². The predicted molar refractivity (Wildman–Crippen MR) is 51.2 cm³/mol. The van der Waals surface area contributed by atoms with Crippen LogP contribution in [0.2, 0.25) is 0 Å². The van der Waals surface area contributed by atoms with E-state index in [-0.39, 0.29) is 35.3 Å². The Morgan fingerprint density at radius 1 is 1.50 bits per heavy atom. The van der Waals surface area contributed by atoms with Crippen LogP contribution in [0.4, 0.5) is 0 Å². The molecular weight excluding hydrogens is 211 g/mol. The van der Waals surface area contributed by atoms with E-state index in [4.69, 9.17) is 0 Å². The van der Waals surface area contributed by atoms with Gasteiger partial charge in [-0.05, 0) is 12.2 Å². The summed E-state index contributed by atoms with van der Waals surface area (Å²) in [4.78, 5) is 10.2. The average Bonchev–Trinajstić information content (AvgIpc) is 1.81. The normalized spacial score (nSPS) is 10.2. The van der Waals surface area contributed by atoms with Crippen LogP contribution in [0.3, 0.4) is 0 Å². The molecule has 12 heavy (non-hydrogen) atoms. The first-order chi connectivity index (χ1) is 4.98. The molecule has 0 rings (SSSR count). The Morgan fingerprint density at radius 2 is 2.00 bits per heavy atom. The van der Waals surface area contributed by atoms with E-state index in [1.54, 1.807) is 0 Å². The van der Waals surface area contributed by atoms with Crippen molar-refractivity contribution in [1.29, 1.82) is 0 Å². The molecule has 0 aliphatic heterocycles. The first-order valence-electron chi connectivity index (χ1n) is 3.01. The first kappa shape index (κ1) is 15.3. The van der Waals surface area contributed by atoms with Crippen LogP contribution >= 0.6 is 12.6 Å². The summed E-state index contributed by atoms with van der Waals surface area (Å²) >= 11 is 3.82. The third kappa shape index (κ3) is 8.86. The monoisotopic (exact) mass is 222 g/mol. The number of hydrogen-bond acceptors (Lipinski definition) is 5. The standard InChI is InChI=1S/C5H10O4S2.Na.H/c1-5(6)9-11(7,8)4-2-3-10;;/h10H,2-4H2,1H3;;. The van der Waals surface area contributed by atoms with Crippen LogP contribution in [-0.2, 0) is 19.1 Å². The molecule has 0 heterocycles. The molecule has 0 unspecified atom stereocenters. The molecule has 0 fully saturated rings. The molecule has 7 heteroatoms. The summed E-state index contributed by atoms with van der Waals surface area (Å²) in [5, 5.41) is 0. The van der Waals surface area contributed by atoms with Crippen molar-refractivity contribution >= 4 is 58.3 Å². The Bertz CT molecular complexity index is 224. The van der Waals surface area contributed by atoms with E-state index in [1.807, 2.05) is 0 Å². The van der Waals surface area contributed by atoms with Crippen LogP contribution < -0.4 is 0 Å². The van der Waals surface area contributed by atoms with E-state index < -0.39 is 16.1 Å². The van der Waals surface area contributed by atoms with Crippen molar-refractivity contribution < 1.29 is 17.4 Å². The second-order valence-electron chi connectivity index (χ2n) is 1.91. The molecule has 0 aromatic carbocycles. The Balaban J connectivity index is 0. The second kappa shape index (κ2) is 7.20. The van der Waals surface area contributed by atoms with Crippen LogP contribution in [0.1, 0.15) is 13.3 Å². The van der Waals surface area contributed by atoms with Gasteiger partial charge in [-0.15, -0.1) is 0 Å². The van der Waals surface area contributed by atoms with Gasteiger partial charge in [-0.25, -0.2) is 0 Å². The SMILES string of the molecule is CC(=O)OS(=O)(=O)CCCS.[NaH]. The molecule has 0 aliphatic carbocycles. The van der Waals surface area contributed by atoms with E-state index >= 15 is 0 Å². The van der Waals surface area contributed by atoms with Crippen LogP contribution in [0, 0.1) is 0 Å². The number of carbonyl (C=O) groups excluding carboxylic acids is 1. The van der Waals surface area contributed by atoms with Gasteiger partial charge in [0.2, 0.25) is 0 Å². The van der Waals surface area contributed by atoms with E-state index in [0.29, 0.717) is 12.2 Å². The molecule has 0 aromatic rings. The number of hydrogen-bond donors (Lipinski definition) is 1. The summed E-state index contributed by atoms with van der Waals surface area (Å²) in [6, 6.07) is 0. The summed E-state index contributed by atoms with van der Waals surface area (Å²) in [6.07, 6.45) is 0.388. The predicted octanol–water partition coefficient (Wildman–Crippen LogP) is -0.449. The molecule has 68 valence electrons. The molecule has 0 amide bonds. The quantitative estimate of drug-likeness (QED) is 0.397. The van der Waals surface area contributed by atoms with Crippen molar-refractivity contribution in [2.75, 3.05) is 11.5 Å². The van der Waals surface area contributed by atoms with Crippen LogP contribution in [0.5, 0.6) is 0 Å². The number of rotatable bonds is 4. The molecule has 0 atom stereocenters. The molecular formula is C5H11NaO4S2. The summed E-state index contributed by atoms with van der Waals surface area (Å²) in [7, 11) is -3.64. The van der Waals surface area contributed by atoms with Crippen LogP contribution in [-0.4, -0.2) is 55.5 Å². The van der Waals surface area contributed by atoms with E-state index in [1.165, 1.54) is 0 Å². The molecule has 4 nitrogen and oxygen atoms in total. The number of carbonyl (C=O) groups is 1. The fraction of sp³-hybridized carbons (Fsp3) is 0.800. The summed E-state index contributed by atoms with van der Waals surface area (Å²) in [6.45, 7) is 1.05. The van der Waals surface area contributed by atoms with E-state index in [9.17, 15) is 13.2 Å². The molecule has 0 saturated carbocycles. The molecule has 0 saturated heterocycles. The van der Waals surface area contributed by atoms with Gasteiger partial charge in [-0.3, -0.25) is 4.79 Å². The van der Waals surface area contributed by atoms with Gasteiger partial charge in [0, 0.05) is 6.92 Å². The zero-order valence-electron chi connectivity index (χ0n) is 6.11. The topological polar surface area (TPSA) is 60.4 Å². The minimum atomic E-state index is -3.64. The Morgan fingerprint density at radius 3 is 2.33 bits per heavy atom. The Labute approximate surface area is 99.9 Å². The zero-order chi connectivity index (χ0) is 8.91. The molecule has 0 aliphatic rings. The van der Waals surface area contributed by atoms with Crippen molar-refractivity contribution in [1.82, 2.24) is 0 Å². The van der Waals surface area contributed by atoms with E-state index in [0.717, 1.165) is 6.92 Å². The summed E-state index contributed by atoms with van der Waals surface area (Å²) < 4.78 is 25.5. The average molecular weight is 222 g/mol. The first-order valence-corrected chi connectivity index (χ1v) is 5.22. The fourth-order valence-corrected chi connectivity index (χ4v) is 1.77. The van der Waals surface area contributed by atoms with Crippen molar-refractivity contribution in [2.45, 2.75) is 13.3 Å². The van der Waals surface area contributed by atoms with Gasteiger partial charge < -0.3 is 4.18 Å².